The van der Waals surface area contributed by atoms with Crippen LogP contribution in [0, 0.1) is 11.8 Å². The van der Waals surface area contributed by atoms with Crippen molar-refractivity contribution in [2.24, 2.45) is 11.8 Å². The Balaban J connectivity index is 0.000000339. The molecule has 1 saturated heterocycles. The maximum absolute atomic E-state index is 12.4. The topological polar surface area (TPSA) is 96.7 Å². The second-order valence-corrected chi connectivity index (χ2v) is 8.44. The van der Waals surface area contributed by atoms with Gasteiger partial charge in [0.05, 0.1) is 12.3 Å². The van der Waals surface area contributed by atoms with E-state index in [9.17, 15) is 18.0 Å². The largest absolute Gasteiger partial charge is 0.490 e. The predicted molar refractivity (Wildman–Crippen MR) is 104 cm³/mol. The van der Waals surface area contributed by atoms with Gasteiger partial charge in [0.25, 0.3) is 0 Å². The fraction of sp³-hybridized carbons (Fsp3) is 0.750. The number of carbonyl (C=O) groups excluding carboxylic acids is 1. The number of halogens is 3. The molecule has 0 spiro atoms. The number of rotatable bonds is 5. The number of ether oxygens (including phenoxy) is 1. The van der Waals surface area contributed by atoms with E-state index in [1.165, 1.54) is 18.4 Å². The first-order valence-electron chi connectivity index (χ1n) is 10.6. The lowest BCUT2D eigenvalue weighted by Crippen LogP contribution is -2.40. The lowest BCUT2D eigenvalue weighted by Gasteiger charge is -2.29. The second kappa shape index (κ2) is 9.99. The van der Waals surface area contributed by atoms with E-state index >= 15 is 0 Å². The average molecular weight is 446 g/mol. The van der Waals surface area contributed by atoms with E-state index in [4.69, 9.17) is 19.7 Å². The van der Waals surface area contributed by atoms with Gasteiger partial charge in [-0.3, -0.25) is 9.48 Å². The number of piperidine rings is 1. The third-order valence-electron chi connectivity index (χ3n) is 5.80. The van der Waals surface area contributed by atoms with Gasteiger partial charge in [-0.05, 0) is 63.7 Å². The first-order chi connectivity index (χ1) is 14.6. The number of amides is 1. The van der Waals surface area contributed by atoms with Crippen LogP contribution in [0.2, 0.25) is 0 Å². The van der Waals surface area contributed by atoms with Gasteiger partial charge in [0.15, 0.2) is 0 Å². The van der Waals surface area contributed by atoms with Gasteiger partial charge in [0.1, 0.15) is 6.10 Å². The molecule has 0 aromatic carbocycles. The molecule has 3 aliphatic rings. The van der Waals surface area contributed by atoms with Gasteiger partial charge in [-0.15, -0.1) is 0 Å². The van der Waals surface area contributed by atoms with E-state index in [1.807, 2.05) is 0 Å². The number of nitrogens with one attached hydrogen (secondary N) is 1. The Morgan fingerprint density at radius 2 is 1.90 bits per heavy atom. The number of hydrogen-bond acceptors (Lipinski definition) is 5. The normalized spacial score (nSPS) is 22.3. The molecule has 2 aliphatic heterocycles. The minimum atomic E-state index is -5.08. The maximum Gasteiger partial charge on any atom is 0.490 e. The van der Waals surface area contributed by atoms with Crippen molar-refractivity contribution >= 4 is 11.9 Å². The summed E-state index contributed by atoms with van der Waals surface area (Å²) in [5, 5.41) is 15.0. The van der Waals surface area contributed by atoms with Crippen LogP contribution < -0.4 is 5.32 Å². The molecule has 1 saturated carbocycles. The van der Waals surface area contributed by atoms with Gasteiger partial charge < -0.3 is 20.1 Å². The summed E-state index contributed by atoms with van der Waals surface area (Å²) < 4.78 is 39.7. The molecule has 1 amide bonds. The van der Waals surface area contributed by atoms with Crippen LogP contribution in [0.25, 0.3) is 0 Å². The van der Waals surface area contributed by atoms with Gasteiger partial charge in [-0.1, -0.05) is 0 Å². The van der Waals surface area contributed by atoms with E-state index in [-0.39, 0.29) is 17.9 Å². The number of hydrogen-bond donors (Lipinski definition) is 2. The zero-order chi connectivity index (χ0) is 22.6. The minimum absolute atomic E-state index is 0.0931. The number of aromatic nitrogens is 2. The number of alkyl halides is 3. The summed E-state index contributed by atoms with van der Waals surface area (Å²) in [5.74, 6) is -1.62. The van der Waals surface area contributed by atoms with Crippen LogP contribution in [0.4, 0.5) is 13.2 Å². The quantitative estimate of drug-likeness (QED) is 0.718. The van der Waals surface area contributed by atoms with Crippen molar-refractivity contribution in [2.75, 3.05) is 33.3 Å². The fourth-order valence-corrected chi connectivity index (χ4v) is 3.75. The van der Waals surface area contributed by atoms with Crippen LogP contribution in [-0.4, -0.2) is 71.1 Å². The summed E-state index contributed by atoms with van der Waals surface area (Å²) in [6.45, 7) is 4.30. The summed E-state index contributed by atoms with van der Waals surface area (Å²) in [4.78, 5) is 23.6. The smallest absolute Gasteiger partial charge is 0.475 e. The highest BCUT2D eigenvalue weighted by atomic mass is 19.4. The van der Waals surface area contributed by atoms with Crippen LogP contribution >= 0.6 is 0 Å². The molecule has 8 nitrogen and oxygen atoms in total. The molecule has 31 heavy (non-hydrogen) atoms. The lowest BCUT2D eigenvalue weighted by atomic mass is 9.96. The van der Waals surface area contributed by atoms with Gasteiger partial charge in [-0.2, -0.15) is 18.3 Å². The Hall–Kier alpha value is -2.14. The van der Waals surface area contributed by atoms with Gasteiger partial charge in [0.2, 0.25) is 5.91 Å². The van der Waals surface area contributed by atoms with Crippen molar-refractivity contribution in [2.45, 2.75) is 50.9 Å². The minimum Gasteiger partial charge on any atom is -0.475 e. The van der Waals surface area contributed by atoms with Gasteiger partial charge in [-0.25, -0.2) is 4.79 Å². The molecule has 174 valence electrons. The Bertz CT molecular complexity index is 771. The van der Waals surface area contributed by atoms with E-state index < -0.39 is 12.1 Å². The highest BCUT2D eigenvalue weighted by Gasteiger charge is 2.38. The van der Waals surface area contributed by atoms with Gasteiger partial charge in [0, 0.05) is 25.2 Å². The maximum atomic E-state index is 12.4. The molecule has 0 bridgehead atoms. The highest BCUT2D eigenvalue weighted by Crippen LogP contribution is 2.32. The van der Waals surface area contributed by atoms with Crippen molar-refractivity contribution in [3.8, 4) is 0 Å². The van der Waals surface area contributed by atoms with E-state index in [1.54, 1.807) is 0 Å². The Morgan fingerprint density at radius 1 is 1.26 bits per heavy atom. The highest BCUT2D eigenvalue weighted by molar-refractivity contribution is 5.78. The molecule has 1 atom stereocenters. The Labute approximate surface area is 178 Å². The molecule has 1 aromatic rings. The lowest BCUT2D eigenvalue weighted by molar-refractivity contribution is -0.192. The molecule has 11 heteroatoms. The summed E-state index contributed by atoms with van der Waals surface area (Å²) in [6, 6.07) is 0. The number of fused-ring (bicyclic) bond motifs is 1. The van der Waals surface area contributed by atoms with Crippen LogP contribution in [0.1, 0.15) is 43.0 Å². The zero-order valence-electron chi connectivity index (χ0n) is 17.5. The molecule has 1 aromatic heterocycles. The molecule has 2 fully saturated rings. The molecule has 1 aliphatic carbocycles. The number of likely N-dealkylation sites (tertiary alicyclic amines) is 1. The molecular weight excluding hydrogens is 417 g/mol. The van der Waals surface area contributed by atoms with Crippen molar-refractivity contribution in [3.63, 3.8) is 0 Å². The molecule has 3 heterocycles. The van der Waals surface area contributed by atoms with Gasteiger partial charge >= 0.3 is 12.1 Å². The number of aliphatic carboxylic acids is 1. The van der Waals surface area contributed by atoms with Crippen LogP contribution in [-0.2, 0) is 27.3 Å². The Morgan fingerprint density at radius 3 is 2.48 bits per heavy atom. The van der Waals surface area contributed by atoms with Crippen molar-refractivity contribution < 1.29 is 32.6 Å². The van der Waals surface area contributed by atoms with Crippen LogP contribution in [0.5, 0.6) is 0 Å². The van der Waals surface area contributed by atoms with Crippen LogP contribution in [0.3, 0.4) is 0 Å². The van der Waals surface area contributed by atoms with E-state index in [2.05, 4.69) is 28.1 Å². The van der Waals surface area contributed by atoms with Crippen LogP contribution in [0.15, 0.2) is 6.20 Å². The predicted octanol–water partition coefficient (Wildman–Crippen LogP) is 2.00. The summed E-state index contributed by atoms with van der Waals surface area (Å²) in [6.07, 6.45) is 2.50. The molecule has 2 N–H and O–H groups in total. The molecular formula is C20H29F3N4O4. The Kier molecular flexibility index (Phi) is 7.58. The SMILES string of the molecule is CN1CCC(C(=O)NCC2OCCc3cn(CC4CC4)nc32)CC1.O=C(O)C(F)(F)F. The standard InChI is InChI=1S/C18H28N4O2.C2HF3O2/c1-21-7-4-14(5-8-21)18(23)19-10-16-17-15(6-9-24-16)12-22(20-17)11-13-2-3-13;3-2(4,5)1(6)7/h12-14,16H,2-11H2,1H3,(H,19,23);(H,6,7). The second-order valence-electron chi connectivity index (χ2n) is 8.44. The average Bonchev–Trinajstić information content (AvgIpc) is 3.42. The number of carboxylic acids is 1. The van der Waals surface area contributed by atoms with Crippen molar-refractivity contribution in [1.82, 2.24) is 20.0 Å². The summed E-state index contributed by atoms with van der Waals surface area (Å²) in [7, 11) is 2.11. The van der Waals surface area contributed by atoms with E-state index in [0.717, 1.165) is 57.1 Å². The molecule has 4 rings (SSSR count). The number of carboxylic acid groups (broad SMARTS) is 1. The first-order valence-corrected chi connectivity index (χ1v) is 10.6. The molecule has 0 radical (unpaired) electrons. The van der Waals surface area contributed by atoms with E-state index in [0.29, 0.717) is 6.54 Å². The van der Waals surface area contributed by atoms with Crippen molar-refractivity contribution in [1.29, 1.82) is 0 Å². The fourth-order valence-electron chi connectivity index (χ4n) is 3.75. The number of carbonyl (C=O) groups is 2. The van der Waals surface area contributed by atoms with Crippen molar-refractivity contribution in [3.05, 3.63) is 17.5 Å². The monoisotopic (exact) mass is 446 g/mol. The first kappa shape index (κ1) is 23.5. The third kappa shape index (κ3) is 6.93. The zero-order valence-corrected chi connectivity index (χ0v) is 17.5. The third-order valence-corrected chi connectivity index (χ3v) is 5.80. The molecule has 1 unspecified atom stereocenters. The summed E-state index contributed by atoms with van der Waals surface area (Å²) in [5.41, 5.74) is 2.33. The summed E-state index contributed by atoms with van der Waals surface area (Å²) >= 11 is 0. The number of nitrogens with zero attached hydrogens (tertiary/aromatic N) is 3.